The van der Waals surface area contributed by atoms with E-state index in [2.05, 4.69) is 13.0 Å². The number of ether oxygens (including phenoxy) is 2. The van der Waals surface area contributed by atoms with Crippen LogP contribution in [0.3, 0.4) is 0 Å². The lowest BCUT2D eigenvalue weighted by Crippen LogP contribution is -2.03. The second-order valence-electron chi connectivity index (χ2n) is 6.54. The topological polar surface area (TPSA) is 44.0 Å². The Labute approximate surface area is 163 Å². The molecule has 4 heteroatoms. The highest BCUT2D eigenvalue weighted by Crippen LogP contribution is 2.26. The first-order valence-corrected chi connectivity index (χ1v) is 9.04. The number of hydrogen-bond acceptors (Lipinski definition) is 4. The molecule has 4 rings (SSSR count). The van der Waals surface area contributed by atoms with E-state index in [0.717, 1.165) is 50.4 Å². The first kappa shape index (κ1) is 17.9. The number of nitrogens with zero attached hydrogens (tertiary/aromatic N) is 1. The van der Waals surface area contributed by atoms with Crippen LogP contribution in [0.5, 0.6) is 11.5 Å². The lowest BCUT2D eigenvalue weighted by Gasteiger charge is -2.07. The van der Waals surface area contributed by atoms with Crippen molar-refractivity contribution >= 4 is 16.7 Å². The molecule has 1 aromatic heterocycles. The van der Waals surface area contributed by atoms with E-state index in [1.807, 2.05) is 66.7 Å². The summed E-state index contributed by atoms with van der Waals surface area (Å²) in [6.45, 7) is 2.06. The number of hydrogen-bond donors (Lipinski definition) is 0. The van der Waals surface area contributed by atoms with Crippen molar-refractivity contribution in [2.75, 3.05) is 14.2 Å². The van der Waals surface area contributed by atoms with E-state index in [1.54, 1.807) is 14.2 Å². The fourth-order valence-corrected chi connectivity index (χ4v) is 3.09. The van der Waals surface area contributed by atoms with Gasteiger partial charge in [-0.2, -0.15) is 0 Å². The van der Waals surface area contributed by atoms with Crippen LogP contribution in [0, 0.1) is 6.92 Å². The van der Waals surface area contributed by atoms with E-state index < -0.39 is 0 Å². The molecule has 28 heavy (non-hydrogen) atoms. The number of benzene rings is 3. The van der Waals surface area contributed by atoms with Crippen LogP contribution in [-0.4, -0.2) is 14.2 Å². The molecular formula is C24H21NO3. The average molecular weight is 371 g/mol. The molecule has 0 spiro atoms. The van der Waals surface area contributed by atoms with Gasteiger partial charge in [0, 0.05) is 23.1 Å². The molecule has 0 aliphatic carbocycles. The Bertz CT molecular complexity index is 1190. The molecule has 0 amide bonds. The molecule has 0 atom stereocenters. The van der Waals surface area contributed by atoms with Gasteiger partial charge < -0.3 is 13.9 Å². The van der Waals surface area contributed by atoms with Crippen molar-refractivity contribution in [3.63, 3.8) is 0 Å². The molecule has 0 bridgehead atoms. The fourth-order valence-electron chi connectivity index (χ4n) is 3.09. The average Bonchev–Trinajstić information content (AvgIpc) is 2.74. The standard InChI is InChI=1S/C24H21NO3/c1-16-7-12-23-21(13-16)22(25-18-5-4-6-20(14-18)27-3)15-24(28-23)17-8-10-19(26-2)11-9-17/h4-15H,1-3H3. The Morgan fingerprint density at radius 3 is 2.32 bits per heavy atom. The third-order valence-electron chi connectivity index (χ3n) is 4.58. The molecule has 0 saturated heterocycles. The molecule has 0 unspecified atom stereocenters. The second-order valence-corrected chi connectivity index (χ2v) is 6.54. The van der Waals surface area contributed by atoms with E-state index in [4.69, 9.17) is 18.9 Å². The zero-order valence-electron chi connectivity index (χ0n) is 16.1. The molecule has 4 aromatic rings. The number of aryl methyl sites for hydroxylation is 1. The Balaban J connectivity index is 1.94. The minimum absolute atomic E-state index is 0.751. The molecule has 0 fully saturated rings. The lowest BCUT2D eigenvalue weighted by atomic mass is 10.1. The molecular weight excluding hydrogens is 350 g/mol. The van der Waals surface area contributed by atoms with Crippen molar-refractivity contribution in [3.8, 4) is 22.8 Å². The van der Waals surface area contributed by atoms with Gasteiger partial charge in [-0.15, -0.1) is 0 Å². The minimum atomic E-state index is 0.751. The molecule has 0 aliphatic heterocycles. The number of fused-ring (bicyclic) bond motifs is 1. The van der Waals surface area contributed by atoms with Gasteiger partial charge in [0.1, 0.15) is 22.8 Å². The van der Waals surface area contributed by atoms with Crippen molar-refractivity contribution in [2.24, 2.45) is 4.99 Å². The molecule has 0 radical (unpaired) electrons. The van der Waals surface area contributed by atoms with Gasteiger partial charge in [-0.3, -0.25) is 0 Å². The molecule has 0 aliphatic rings. The maximum Gasteiger partial charge on any atom is 0.136 e. The summed E-state index contributed by atoms with van der Waals surface area (Å²) in [6.07, 6.45) is 0. The van der Waals surface area contributed by atoms with E-state index in [1.165, 1.54) is 0 Å². The van der Waals surface area contributed by atoms with Gasteiger partial charge in [0.05, 0.1) is 25.3 Å². The van der Waals surface area contributed by atoms with Crippen LogP contribution in [0.25, 0.3) is 22.3 Å². The molecule has 3 aromatic carbocycles. The van der Waals surface area contributed by atoms with Crippen LogP contribution in [0.2, 0.25) is 0 Å². The van der Waals surface area contributed by atoms with Crippen LogP contribution in [0.15, 0.2) is 82.2 Å². The Kier molecular flexibility index (Phi) is 4.85. The Morgan fingerprint density at radius 1 is 0.786 bits per heavy atom. The zero-order valence-corrected chi connectivity index (χ0v) is 16.1. The maximum atomic E-state index is 6.17. The first-order valence-electron chi connectivity index (χ1n) is 9.04. The van der Waals surface area contributed by atoms with Gasteiger partial charge in [-0.25, -0.2) is 4.99 Å². The summed E-state index contributed by atoms with van der Waals surface area (Å²) in [5.74, 6) is 2.33. The van der Waals surface area contributed by atoms with E-state index in [0.29, 0.717) is 0 Å². The van der Waals surface area contributed by atoms with E-state index in [9.17, 15) is 0 Å². The third kappa shape index (κ3) is 3.62. The van der Waals surface area contributed by atoms with Crippen molar-refractivity contribution in [3.05, 3.63) is 83.7 Å². The van der Waals surface area contributed by atoms with Gasteiger partial charge in [0.25, 0.3) is 0 Å². The Hall–Kier alpha value is -3.53. The quantitative estimate of drug-likeness (QED) is 0.465. The molecule has 140 valence electrons. The molecule has 0 N–H and O–H groups in total. The van der Waals surface area contributed by atoms with Crippen molar-refractivity contribution < 1.29 is 13.9 Å². The van der Waals surface area contributed by atoms with E-state index >= 15 is 0 Å². The fraction of sp³-hybridized carbons (Fsp3) is 0.125. The third-order valence-corrected chi connectivity index (χ3v) is 4.58. The predicted octanol–water partition coefficient (Wildman–Crippen LogP) is 5.66. The van der Waals surface area contributed by atoms with Gasteiger partial charge in [-0.1, -0.05) is 17.7 Å². The van der Waals surface area contributed by atoms with Crippen molar-refractivity contribution in [1.29, 1.82) is 0 Å². The summed E-state index contributed by atoms with van der Waals surface area (Å²) in [6, 6.07) is 23.6. The maximum absolute atomic E-state index is 6.17. The monoisotopic (exact) mass is 371 g/mol. The highest BCUT2D eigenvalue weighted by Gasteiger charge is 2.07. The SMILES string of the molecule is COc1ccc(-c2cc(=Nc3cccc(OC)c3)c3cc(C)ccc3o2)cc1. The second kappa shape index (κ2) is 7.61. The summed E-state index contributed by atoms with van der Waals surface area (Å²) in [5, 5.41) is 1.82. The largest absolute Gasteiger partial charge is 0.497 e. The summed E-state index contributed by atoms with van der Waals surface area (Å²) in [4.78, 5) is 4.87. The van der Waals surface area contributed by atoms with E-state index in [-0.39, 0.29) is 0 Å². The van der Waals surface area contributed by atoms with Crippen LogP contribution < -0.4 is 14.8 Å². The molecule has 1 heterocycles. The molecule has 4 nitrogen and oxygen atoms in total. The number of rotatable bonds is 4. The summed E-state index contributed by atoms with van der Waals surface area (Å²) >= 11 is 0. The summed E-state index contributed by atoms with van der Waals surface area (Å²) in [5.41, 5.74) is 3.74. The van der Waals surface area contributed by atoms with Crippen molar-refractivity contribution in [1.82, 2.24) is 0 Å². The smallest absolute Gasteiger partial charge is 0.136 e. The van der Waals surface area contributed by atoms with Crippen LogP contribution in [0.4, 0.5) is 5.69 Å². The number of methoxy groups -OCH3 is 2. The summed E-state index contributed by atoms with van der Waals surface area (Å²) < 4.78 is 16.7. The normalized spacial score (nSPS) is 11.6. The van der Waals surface area contributed by atoms with Crippen LogP contribution in [0.1, 0.15) is 5.56 Å². The van der Waals surface area contributed by atoms with Crippen LogP contribution >= 0.6 is 0 Å². The van der Waals surface area contributed by atoms with Gasteiger partial charge in [0.2, 0.25) is 0 Å². The highest BCUT2D eigenvalue weighted by atomic mass is 16.5. The van der Waals surface area contributed by atoms with Crippen LogP contribution in [-0.2, 0) is 0 Å². The Morgan fingerprint density at radius 2 is 1.57 bits per heavy atom. The minimum Gasteiger partial charge on any atom is -0.497 e. The van der Waals surface area contributed by atoms with Gasteiger partial charge in [0.15, 0.2) is 0 Å². The van der Waals surface area contributed by atoms with Crippen molar-refractivity contribution in [2.45, 2.75) is 6.92 Å². The summed E-state index contributed by atoms with van der Waals surface area (Å²) in [7, 11) is 3.31. The zero-order chi connectivity index (χ0) is 19.5. The van der Waals surface area contributed by atoms with Gasteiger partial charge >= 0.3 is 0 Å². The lowest BCUT2D eigenvalue weighted by molar-refractivity contribution is 0.415. The molecule has 0 saturated carbocycles. The van der Waals surface area contributed by atoms with Gasteiger partial charge in [-0.05, 0) is 55.5 Å². The predicted molar refractivity (Wildman–Crippen MR) is 111 cm³/mol. The first-order chi connectivity index (χ1) is 13.7. The highest BCUT2D eigenvalue weighted by molar-refractivity contribution is 5.79.